The predicted molar refractivity (Wildman–Crippen MR) is 72.5 cm³/mol. The minimum absolute atomic E-state index is 0.434. The van der Waals surface area contributed by atoms with Gasteiger partial charge in [0.15, 0.2) is 0 Å². The molecule has 2 N–H and O–H groups in total. The van der Waals surface area contributed by atoms with Gasteiger partial charge < -0.3 is 5.73 Å². The Bertz CT molecular complexity index is 542. The monoisotopic (exact) mass is 221 g/mol. The van der Waals surface area contributed by atoms with E-state index in [1.807, 2.05) is 12.1 Å². The van der Waals surface area contributed by atoms with Gasteiger partial charge in [-0.25, -0.2) is 0 Å². The lowest BCUT2D eigenvalue weighted by atomic mass is 9.82. The molecular weight excluding hydrogens is 206 g/mol. The summed E-state index contributed by atoms with van der Waals surface area (Å²) < 4.78 is 0. The summed E-state index contributed by atoms with van der Waals surface area (Å²) in [5, 5.41) is 0. The van der Waals surface area contributed by atoms with Crippen LogP contribution in [0.4, 0.5) is 0 Å². The molecule has 2 aromatic rings. The first-order valence-electron chi connectivity index (χ1n) is 5.85. The number of nitrogens with two attached hydrogens (primary N) is 1. The number of hydrogen-bond donors (Lipinski definition) is 1. The van der Waals surface area contributed by atoms with E-state index in [0.717, 1.165) is 0 Å². The Balaban J connectivity index is 2.34. The third-order valence-corrected chi connectivity index (χ3v) is 3.48. The molecule has 0 spiro atoms. The van der Waals surface area contributed by atoms with Gasteiger partial charge in [0.1, 0.15) is 0 Å². The first-order valence-corrected chi connectivity index (χ1v) is 5.85. The zero-order valence-corrected chi connectivity index (χ0v) is 9.85. The maximum atomic E-state index is 6.56. The van der Waals surface area contributed by atoms with Crippen molar-refractivity contribution in [3.05, 3.63) is 70.8 Å². The summed E-state index contributed by atoms with van der Waals surface area (Å²) in [5.41, 5.74) is 10.9. The quantitative estimate of drug-likeness (QED) is 0.725. The third-order valence-electron chi connectivity index (χ3n) is 3.48. The van der Waals surface area contributed by atoms with Crippen LogP contribution in [0, 0.1) is 0 Å². The van der Waals surface area contributed by atoms with Gasteiger partial charge in [-0.15, -0.1) is 0 Å². The van der Waals surface area contributed by atoms with Gasteiger partial charge in [0.2, 0.25) is 0 Å². The Morgan fingerprint density at radius 1 is 0.765 bits per heavy atom. The molecule has 1 aliphatic carbocycles. The molecule has 0 fully saturated rings. The van der Waals surface area contributed by atoms with Gasteiger partial charge in [0, 0.05) is 0 Å². The van der Waals surface area contributed by atoms with Crippen LogP contribution in [0.5, 0.6) is 0 Å². The number of fused-ring (bicyclic) bond motifs is 2. The van der Waals surface area contributed by atoms with Gasteiger partial charge >= 0.3 is 0 Å². The molecule has 0 saturated heterocycles. The molecule has 0 unspecified atom stereocenters. The Morgan fingerprint density at radius 3 is 1.65 bits per heavy atom. The number of hydrogen-bond acceptors (Lipinski definition) is 1. The van der Waals surface area contributed by atoms with E-state index in [1.165, 1.54) is 22.3 Å². The first kappa shape index (κ1) is 10.3. The fourth-order valence-electron chi connectivity index (χ4n) is 2.56. The SMILES string of the molecule is CC1(N)c2ccccc2C=Cc2ccccc21. The van der Waals surface area contributed by atoms with Crippen molar-refractivity contribution in [3.63, 3.8) is 0 Å². The Morgan fingerprint density at radius 2 is 1.18 bits per heavy atom. The fourth-order valence-corrected chi connectivity index (χ4v) is 2.56. The van der Waals surface area contributed by atoms with Crippen LogP contribution in [-0.4, -0.2) is 0 Å². The van der Waals surface area contributed by atoms with Crippen LogP contribution >= 0.6 is 0 Å². The summed E-state index contributed by atoms with van der Waals surface area (Å²) in [6.07, 6.45) is 4.29. The highest BCUT2D eigenvalue weighted by Gasteiger charge is 2.28. The van der Waals surface area contributed by atoms with Crippen molar-refractivity contribution in [2.24, 2.45) is 5.73 Å². The number of benzene rings is 2. The van der Waals surface area contributed by atoms with Crippen molar-refractivity contribution < 1.29 is 0 Å². The van der Waals surface area contributed by atoms with Gasteiger partial charge in [-0.2, -0.15) is 0 Å². The maximum absolute atomic E-state index is 6.56. The van der Waals surface area contributed by atoms with Crippen molar-refractivity contribution in [1.29, 1.82) is 0 Å². The molecule has 0 atom stereocenters. The molecule has 3 rings (SSSR count). The van der Waals surface area contributed by atoms with Crippen LogP contribution in [-0.2, 0) is 5.54 Å². The van der Waals surface area contributed by atoms with Gasteiger partial charge in [-0.1, -0.05) is 60.7 Å². The van der Waals surface area contributed by atoms with E-state index < -0.39 is 5.54 Å². The Kier molecular flexibility index (Phi) is 2.17. The molecule has 1 nitrogen and oxygen atoms in total. The highest BCUT2D eigenvalue weighted by Crippen LogP contribution is 2.35. The molecule has 0 amide bonds. The molecule has 0 bridgehead atoms. The van der Waals surface area contributed by atoms with E-state index >= 15 is 0 Å². The van der Waals surface area contributed by atoms with E-state index in [9.17, 15) is 0 Å². The molecule has 17 heavy (non-hydrogen) atoms. The lowest BCUT2D eigenvalue weighted by molar-refractivity contribution is 0.602. The van der Waals surface area contributed by atoms with Gasteiger partial charge in [0.25, 0.3) is 0 Å². The molecular formula is C16H15N. The van der Waals surface area contributed by atoms with Crippen molar-refractivity contribution in [2.45, 2.75) is 12.5 Å². The Labute approximate surface area is 102 Å². The van der Waals surface area contributed by atoms with Crippen LogP contribution in [0.15, 0.2) is 48.5 Å². The first-order chi connectivity index (χ1) is 8.19. The average molecular weight is 221 g/mol. The highest BCUT2D eigenvalue weighted by molar-refractivity contribution is 5.77. The van der Waals surface area contributed by atoms with Gasteiger partial charge in [-0.05, 0) is 29.2 Å². The summed E-state index contributed by atoms with van der Waals surface area (Å²) in [6.45, 7) is 2.08. The second-order valence-corrected chi connectivity index (χ2v) is 4.71. The third kappa shape index (κ3) is 1.51. The molecule has 2 aromatic carbocycles. The molecule has 84 valence electrons. The number of rotatable bonds is 0. The average Bonchev–Trinajstić information content (AvgIpc) is 2.47. The molecule has 0 radical (unpaired) electrons. The van der Waals surface area contributed by atoms with Gasteiger partial charge in [0.05, 0.1) is 5.54 Å². The van der Waals surface area contributed by atoms with Crippen LogP contribution in [0.2, 0.25) is 0 Å². The standard InChI is InChI=1S/C16H15N/c1-16(17)14-8-4-2-6-12(14)10-11-13-7-3-5-9-15(13)16/h2-11H,17H2,1H3. The van der Waals surface area contributed by atoms with Gasteiger partial charge in [-0.3, -0.25) is 0 Å². The molecule has 1 aliphatic rings. The zero-order valence-electron chi connectivity index (χ0n) is 9.85. The highest BCUT2D eigenvalue weighted by atomic mass is 14.7. The lowest BCUT2D eigenvalue weighted by Crippen LogP contribution is -2.35. The smallest absolute Gasteiger partial charge is 0.0648 e. The van der Waals surface area contributed by atoms with Crippen LogP contribution in [0.1, 0.15) is 29.2 Å². The summed E-state index contributed by atoms with van der Waals surface area (Å²) in [6, 6.07) is 16.6. The predicted octanol–water partition coefficient (Wildman–Crippen LogP) is 3.39. The zero-order chi connectivity index (χ0) is 11.9. The summed E-state index contributed by atoms with van der Waals surface area (Å²) in [7, 11) is 0. The van der Waals surface area contributed by atoms with E-state index in [-0.39, 0.29) is 0 Å². The maximum Gasteiger partial charge on any atom is 0.0648 e. The van der Waals surface area contributed by atoms with Crippen molar-refractivity contribution >= 4 is 12.2 Å². The second kappa shape index (κ2) is 3.57. The molecule has 0 saturated carbocycles. The van der Waals surface area contributed by atoms with Crippen molar-refractivity contribution in [1.82, 2.24) is 0 Å². The normalized spacial score (nSPS) is 15.9. The van der Waals surface area contributed by atoms with E-state index in [0.29, 0.717) is 0 Å². The largest absolute Gasteiger partial charge is 0.318 e. The topological polar surface area (TPSA) is 26.0 Å². The lowest BCUT2D eigenvalue weighted by Gasteiger charge is -2.27. The van der Waals surface area contributed by atoms with Crippen molar-refractivity contribution in [2.75, 3.05) is 0 Å². The van der Waals surface area contributed by atoms with Crippen LogP contribution in [0.25, 0.3) is 12.2 Å². The Hall–Kier alpha value is -1.86. The van der Waals surface area contributed by atoms with E-state index in [2.05, 4.69) is 55.5 Å². The molecule has 0 aliphatic heterocycles. The van der Waals surface area contributed by atoms with E-state index in [1.54, 1.807) is 0 Å². The summed E-state index contributed by atoms with van der Waals surface area (Å²) in [4.78, 5) is 0. The second-order valence-electron chi connectivity index (χ2n) is 4.71. The molecule has 0 aromatic heterocycles. The van der Waals surface area contributed by atoms with Crippen LogP contribution < -0.4 is 5.73 Å². The fraction of sp³-hybridized carbons (Fsp3) is 0.125. The van der Waals surface area contributed by atoms with Crippen molar-refractivity contribution in [3.8, 4) is 0 Å². The minimum Gasteiger partial charge on any atom is -0.318 e. The molecule has 1 heteroatoms. The van der Waals surface area contributed by atoms with E-state index in [4.69, 9.17) is 5.73 Å². The summed E-state index contributed by atoms with van der Waals surface area (Å²) >= 11 is 0. The van der Waals surface area contributed by atoms with Crippen LogP contribution in [0.3, 0.4) is 0 Å². The molecule has 0 heterocycles. The summed E-state index contributed by atoms with van der Waals surface area (Å²) in [5.74, 6) is 0. The minimum atomic E-state index is -0.434.